The smallest absolute Gasteiger partial charge is 0.0626 e. The number of hydrogen-bond donors (Lipinski definition) is 0. The van der Waals surface area contributed by atoms with Gasteiger partial charge in [0.15, 0.2) is 0 Å². The van der Waals surface area contributed by atoms with Crippen molar-refractivity contribution in [3.8, 4) is 5.69 Å². The molecule has 3 aromatic heterocycles. The van der Waals surface area contributed by atoms with Gasteiger partial charge in [0.25, 0.3) is 0 Å². The molecule has 1 atom stereocenters. The molecule has 1 aliphatic heterocycles. The summed E-state index contributed by atoms with van der Waals surface area (Å²) >= 11 is 0. The molecule has 0 N–H and O–H groups in total. The summed E-state index contributed by atoms with van der Waals surface area (Å²) in [7, 11) is 0. The van der Waals surface area contributed by atoms with Crippen molar-refractivity contribution >= 4 is 81.3 Å². The summed E-state index contributed by atoms with van der Waals surface area (Å²) in [6, 6.07) is 39.2. The van der Waals surface area contributed by atoms with Crippen LogP contribution in [0.15, 0.2) is 103 Å². The summed E-state index contributed by atoms with van der Waals surface area (Å²) < 4.78 is 5.25. The van der Waals surface area contributed by atoms with Gasteiger partial charge in [-0.25, -0.2) is 0 Å². The molecule has 0 radical (unpaired) electrons. The molecule has 0 fully saturated rings. The van der Waals surface area contributed by atoms with Crippen LogP contribution in [0.5, 0.6) is 0 Å². The monoisotopic (exact) mass is 532 g/mol. The van der Waals surface area contributed by atoms with Crippen LogP contribution in [-0.2, 0) is 6.42 Å². The molecule has 10 aromatic rings. The Morgan fingerprint density at radius 3 is 2.00 bits per heavy atom. The highest BCUT2D eigenvalue weighted by Gasteiger charge is 2.38. The molecule has 12 rings (SSSR count). The van der Waals surface area contributed by atoms with Gasteiger partial charge < -0.3 is 8.97 Å². The Morgan fingerprint density at radius 2 is 1.14 bits per heavy atom. The van der Waals surface area contributed by atoms with Gasteiger partial charge in [-0.15, -0.1) is 0 Å². The zero-order chi connectivity index (χ0) is 26.8. The van der Waals surface area contributed by atoms with Crippen molar-refractivity contribution in [1.29, 1.82) is 0 Å². The number of rotatable bonds is 0. The Hall–Kier alpha value is -5.08. The van der Waals surface area contributed by atoms with Gasteiger partial charge in [-0.3, -0.25) is 0 Å². The van der Waals surface area contributed by atoms with Crippen molar-refractivity contribution in [3.05, 3.63) is 120 Å². The molecular formula is C40H24N2. The van der Waals surface area contributed by atoms with E-state index in [4.69, 9.17) is 0 Å². The molecule has 1 unspecified atom stereocenters. The second kappa shape index (κ2) is 6.69. The van der Waals surface area contributed by atoms with E-state index in [2.05, 4.69) is 112 Å². The van der Waals surface area contributed by atoms with Crippen molar-refractivity contribution in [3.63, 3.8) is 0 Å². The van der Waals surface area contributed by atoms with E-state index in [1.807, 2.05) is 0 Å². The van der Waals surface area contributed by atoms with Crippen molar-refractivity contribution in [1.82, 2.24) is 8.97 Å². The number of benzene rings is 7. The summed E-state index contributed by atoms with van der Waals surface area (Å²) in [5.41, 5.74) is 11.5. The lowest BCUT2D eigenvalue weighted by Crippen LogP contribution is -2.07. The summed E-state index contributed by atoms with van der Waals surface area (Å²) in [5.74, 6) is 0.508. The summed E-state index contributed by atoms with van der Waals surface area (Å²) in [6.07, 6.45) is 3.66. The average Bonchev–Trinajstić information content (AvgIpc) is 3.78. The molecule has 2 nitrogen and oxygen atoms in total. The second-order valence-corrected chi connectivity index (χ2v) is 12.7. The minimum atomic E-state index is 0.508. The van der Waals surface area contributed by atoms with Gasteiger partial charge in [0.05, 0.1) is 22.1 Å². The lowest BCUT2D eigenvalue weighted by molar-refractivity contribution is 0.619. The Morgan fingerprint density at radius 1 is 0.500 bits per heavy atom. The van der Waals surface area contributed by atoms with Crippen LogP contribution in [0, 0.1) is 0 Å². The predicted octanol–water partition coefficient (Wildman–Crippen LogP) is 10.5. The number of nitrogens with zero attached hydrogens (tertiary/aromatic N) is 2. The minimum Gasteiger partial charge on any atom is -0.312 e. The fourth-order valence-corrected chi connectivity index (χ4v) is 9.64. The highest BCUT2D eigenvalue weighted by atomic mass is 15.0. The van der Waals surface area contributed by atoms with E-state index in [0.717, 1.165) is 6.42 Å². The Bertz CT molecular complexity index is 2820. The third kappa shape index (κ3) is 2.02. The molecule has 0 saturated carbocycles. The molecule has 4 heterocycles. The van der Waals surface area contributed by atoms with E-state index < -0.39 is 0 Å². The Kier molecular flexibility index (Phi) is 3.30. The van der Waals surface area contributed by atoms with Crippen LogP contribution in [0.3, 0.4) is 0 Å². The second-order valence-electron chi connectivity index (χ2n) is 12.7. The Balaban J connectivity index is 1.43. The van der Waals surface area contributed by atoms with Crippen molar-refractivity contribution in [2.45, 2.75) is 25.2 Å². The minimum absolute atomic E-state index is 0.508. The standard InChI is InChI=1S/C40H24N2/c1-3-19-31-21(9-1)23-11-5-17-29-35-25-13-8-16-28-34(25)33-26(14-7-15-27(33)39(35)41(31)37(23)29)36-30-18-6-12-24-22-10-2-4-20-32(22)42(38(24)30)40(28)36/h1-5,7-11,13-17,19-20,24H,6,12,18H2. The van der Waals surface area contributed by atoms with Crippen LogP contribution in [-0.4, -0.2) is 8.97 Å². The van der Waals surface area contributed by atoms with Gasteiger partial charge in [0, 0.05) is 65.8 Å². The van der Waals surface area contributed by atoms with E-state index in [1.54, 1.807) is 11.3 Å². The number of hydrogen-bond acceptors (Lipinski definition) is 0. The number of fused-ring (bicyclic) bond motifs is 16. The summed E-state index contributed by atoms with van der Waals surface area (Å²) in [5, 5.41) is 15.4. The lowest BCUT2D eigenvalue weighted by atomic mass is 9.82. The summed E-state index contributed by atoms with van der Waals surface area (Å²) in [6.45, 7) is 0. The van der Waals surface area contributed by atoms with Crippen LogP contribution in [0.4, 0.5) is 0 Å². The zero-order valence-electron chi connectivity index (χ0n) is 22.9. The van der Waals surface area contributed by atoms with Crippen molar-refractivity contribution < 1.29 is 0 Å². The molecule has 0 saturated heterocycles. The van der Waals surface area contributed by atoms with Gasteiger partial charge >= 0.3 is 0 Å². The maximum atomic E-state index is 2.67. The molecule has 2 heteroatoms. The fourth-order valence-electron chi connectivity index (χ4n) is 9.64. The normalized spacial score (nSPS) is 16.5. The topological polar surface area (TPSA) is 9.34 Å². The van der Waals surface area contributed by atoms with Crippen LogP contribution in [0.1, 0.15) is 35.6 Å². The van der Waals surface area contributed by atoms with E-state index in [9.17, 15) is 0 Å². The third-order valence-corrected chi connectivity index (χ3v) is 11.0. The van der Waals surface area contributed by atoms with E-state index in [1.165, 1.54) is 105 Å². The predicted molar refractivity (Wildman–Crippen MR) is 176 cm³/mol. The highest BCUT2D eigenvalue weighted by Crippen LogP contribution is 2.55. The molecule has 0 bridgehead atoms. The van der Waals surface area contributed by atoms with E-state index in [-0.39, 0.29) is 0 Å². The maximum absolute atomic E-state index is 2.67. The number of para-hydroxylation sites is 3. The lowest BCUT2D eigenvalue weighted by Gasteiger charge is -2.20. The fraction of sp³-hybridized carbons (Fsp3) is 0.100. The van der Waals surface area contributed by atoms with Gasteiger partial charge in [0.1, 0.15) is 0 Å². The van der Waals surface area contributed by atoms with E-state index in [0.29, 0.717) is 5.92 Å². The van der Waals surface area contributed by atoms with Crippen LogP contribution >= 0.6 is 0 Å². The molecule has 0 spiro atoms. The first-order valence-electron chi connectivity index (χ1n) is 15.3. The molecular weight excluding hydrogens is 508 g/mol. The average molecular weight is 533 g/mol. The van der Waals surface area contributed by atoms with Gasteiger partial charge in [0.2, 0.25) is 0 Å². The maximum Gasteiger partial charge on any atom is 0.0626 e. The van der Waals surface area contributed by atoms with Gasteiger partial charge in [-0.1, -0.05) is 91.0 Å². The first-order valence-corrected chi connectivity index (χ1v) is 15.3. The van der Waals surface area contributed by atoms with Gasteiger partial charge in [-0.2, -0.15) is 0 Å². The largest absolute Gasteiger partial charge is 0.312 e. The third-order valence-electron chi connectivity index (χ3n) is 11.0. The van der Waals surface area contributed by atoms with Crippen LogP contribution < -0.4 is 0 Å². The van der Waals surface area contributed by atoms with Gasteiger partial charge in [-0.05, 0) is 53.3 Å². The van der Waals surface area contributed by atoms with Crippen molar-refractivity contribution in [2.75, 3.05) is 0 Å². The SMILES string of the molecule is c1ccc2c(c1)C1CCCc3c1n-2c1c2cccc4c2c2c(cccc2c2c4c4cccc5c6ccccc6n2c54)c31. The summed E-state index contributed by atoms with van der Waals surface area (Å²) in [4.78, 5) is 0. The first kappa shape index (κ1) is 20.7. The quantitative estimate of drug-likeness (QED) is 0.172. The molecule has 42 heavy (non-hydrogen) atoms. The van der Waals surface area contributed by atoms with E-state index >= 15 is 0 Å². The molecule has 2 aliphatic rings. The molecule has 7 aromatic carbocycles. The molecule has 1 aliphatic carbocycles. The number of aryl methyl sites for hydroxylation is 1. The van der Waals surface area contributed by atoms with Crippen LogP contribution in [0.2, 0.25) is 0 Å². The zero-order valence-corrected chi connectivity index (χ0v) is 22.9. The molecule has 194 valence electrons. The van der Waals surface area contributed by atoms with Crippen molar-refractivity contribution in [2.24, 2.45) is 0 Å². The number of aromatic nitrogens is 2. The Labute approximate surface area is 240 Å². The molecule has 0 amide bonds. The first-order chi connectivity index (χ1) is 20.9. The van der Waals surface area contributed by atoms with Crippen LogP contribution in [0.25, 0.3) is 87.0 Å². The highest BCUT2D eigenvalue weighted by molar-refractivity contribution is 6.43.